The number of rotatable bonds is 4. The van der Waals surface area contributed by atoms with Gasteiger partial charge in [-0.05, 0) is 35.9 Å². The van der Waals surface area contributed by atoms with Gasteiger partial charge in [0, 0.05) is 29.9 Å². The number of nitrogens with two attached hydrogens (primary N) is 1. The zero-order chi connectivity index (χ0) is 15.4. The summed E-state index contributed by atoms with van der Waals surface area (Å²) in [6.45, 7) is 0.694. The zero-order valence-electron chi connectivity index (χ0n) is 11.4. The molecule has 0 atom stereocenters. The van der Waals surface area contributed by atoms with Crippen LogP contribution in [0.25, 0.3) is 0 Å². The summed E-state index contributed by atoms with van der Waals surface area (Å²) >= 11 is 12.1. The van der Waals surface area contributed by atoms with Crippen molar-refractivity contribution in [1.82, 2.24) is 0 Å². The summed E-state index contributed by atoms with van der Waals surface area (Å²) in [5.74, 6) is -0.0101. The number of benzene rings is 2. The lowest BCUT2D eigenvalue weighted by atomic mass is 10.1. The standard InChI is InChI=1S/C15H15Cl2N3O/c1-20(9-10-3-2-4-11(16)7-10)12-5-6-13(14(17)8-12)15(18)19-21/h2-8,21H,9H2,1H3,(H2,18,19). The number of anilines is 1. The maximum atomic E-state index is 8.69. The van der Waals surface area contributed by atoms with Crippen LogP contribution >= 0.6 is 23.2 Å². The lowest BCUT2D eigenvalue weighted by Crippen LogP contribution is -2.18. The Kier molecular flexibility index (Phi) is 4.94. The Hall–Kier alpha value is -1.91. The van der Waals surface area contributed by atoms with Crippen molar-refractivity contribution in [3.05, 3.63) is 63.6 Å². The smallest absolute Gasteiger partial charge is 0.171 e. The second-order valence-electron chi connectivity index (χ2n) is 4.64. The minimum absolute atomic E-state index is 0.0101. The van der Waals surface area contributed by atoms with Gasteiger partial charge in [0.1, 0.15) is 0 Å². The Morgan fingerprint density at radius 2 is 2.00 bits per heavy atom. The van der Waals surface area contributed by atoms with Crippen LogP contribution in [0.4, 0.5) is 5.69 Å². The van der Waals surface area contributed by atoms with Crippen molar-refractivity contribution in [3.8, 4) is 0 Å². The van der Waals surface area contributed by atoms with Gasteiger partial charge in [-0.1, -0.05) is 40.5 Å². The van der Waals surface area contributed by atoms with Gasteiger partial charge in [-0.25, -0.2) is 0 Å². The van der Waals surface area contributed by atoms with Gasteiger partial charge in [0.25, 0.3) is 0 Å². The first-order valence-corrected chi connectivity index (χ1v) is 7.00. The molecule has 0 aliphatic carbocycles. The number of hydrogen-bond acceptors (Lipinski definition) is 3. The molecule has 0 aliphatic rings. The number of hydrogen-bond donors (Lipinski definition) is 2. The first-order valence-electron chi connectivity index (χ1n) is 6.24. The molecule has 0 spiro atoms. The minimum Gasteiger partial charge on any atom is -0.409 e. The molecular weight excluding hydrogens is 309 g/mol. The van der Waals surface area contributed by atoms with E-state index < -0.39 is 0 Å². The van der Waals surface area contributed by atoms with Crippen LogP contribution in [0.15, 0.2) is 47.6 Å². The highest BCUT2D eigenvalue weighted by Gasteiger charge is 2.09. The van der Waals surface area contributed by atoms with Gasteiger partial charge in [-0.3, -0.25) is 0 Å². The lowest BCUT2D eigenvalue weighted by Gasteiger charge is -2.20. The lowest BCUT2D eigenvalue weighted by molar-refractivity contribution is 0.318. The SMILES string of the molecule is CN(Cc1cccc(Cl)c1)c1ccc(C(N)=NO)c(Cl)c1. The highest BCUT2D eigenvalue weighted by atomic mass is 35.5. The zero-order valence-corrected chi connectivity index (χ0v) is 12.9. The third-order valence-corrected chi connectivity index (χ3v) is 3.63. The van der Waals surface area contributed by atoms with E-state index in [0.29, 0.717) is 22.2 Å². The fourth-order valence-electron chi connectivity index (χ4n) is 2.00. The molecule has 2 aromatic carbocycles. The monoisotopic (exact) mass is 323 g/mol. The highest BCUT2D eigenvalue weighted by Crippen LogP contribution is 2.24. The summed E-state index contributed by atoms with van der Waals surface area (Å²) < 4.78 is 0. The van der Waals surface area contributed by atoms with Crippen LogP contribution in [0.3, 0.4) is 0 Å². The van der Waals surface area contributed by atoms with Crippen LogP contribution < -0.4 is 10.6 Å². The second-order valence-corrected chi connectivity index (χ2v) is 5.48. The van der Waals surface area contributed by atoms with E-state index in [1.54, 1.807) is 12.1 Å². The predicted molar refractivity (Wildman–Crippen MR) is 87.5 cm³/mol. The van der Waals surface area contributed by atoms with E-state index in [-0.39, 0.29) is 5.84 Å². The molecule has 0 radical (unpaired) electrons. The third kappa shape index (κ3) is 3.80. The molecule has 6 heteroatoms. The maximum absolute atomic E-state index is 8.69. The molecule has 0 fully saturated rings. The van der Waals surface area contributed by atoms with Gasteiger partial charge in [-0.15, -0.1) is 0 Å². The van der Waals surface area contributed by atoms with Crippen LogP contribution in [0.1, 0.15) is 11.1 Å². The summed E-state index contributed by atoms with van der Waals surface area (Å²) in [6, 6.07) is 13.1. The summed E-state index contributed by atoms with van der Waals surface area (Å²) in [4.78, 5) is 2.04. The molecule has 0 amide bonds. The van der Waals surface area contributed by atoms with Gasteiger partial charge in [-0.2, -0.15) is 0 Å². The molecule has 2 rings (SSSR count). The van der Waals surface area contributed by atoms with Crippen LogP contribution in [-0.4, -0.2) is 18.1 Å². The average molecular weight is 324 g/mol. The summed E-state index contributed by atoms with van der Waals surface area (Å²) in [7, 11) is 1.95. The Bertz CT molecular complexity index is 674. The van der Waals surface area contributed by atoms with E-state index >= 15 is 0 Å². The van der Waals surface area contributed by atoms with Crippen LogP contribution in [0.2, 0.25) is 10.0 Å². The topological polar surface area (TPSA) is 61.8 Å². The van der Waals surface area contributed by atoms with Gasteiger partial charge in [0.15, 0.2) is 5.84 Å². The second kappa shape index (κ2) is 6.70. The van der Waals surface area contributed by atoms with Gasteiger partial charge in [0.05, 0.1) is 5.02 Å². The third-order valence-electron chi connectivity index (χ3n) is 3.09. The number of nitrogens with zero attached hydrogens (tertiary/aromatic N) is 2. The Labute approximate surface area is 133 Å². The van der Waals surface area contributed by atoms with Gasteiger partial charge >= 0.3 is 0 Å². The van der Waals surface area contributed by atoms with Gasteiger partial charge in [0.2, 0.25) is 0 Å². The Morgan fingerprint density at radius 1 is 1.24 bits per heavy atom. The average Bonchev–Trinajstić information content (AvgIpc) is 2.46. The molecule has 0 aromatic heterocycles. The van der Waals surface area contributed by atoms with Crippen molar-refractivity contribution in [2.75, 3.05) is 11.9 Å². The fourth-order valence-corrected chi connectivity index (χ4v) is 2.49. The van der Waals surface area contributed by atoms with Crippen LogP contribution in [-0.2, 0) is 6.54 Å². The number of amidine groups is 1. The van der Waals surface area contributed by atoms with Crippen molar-refractivity contribution < 1.29 is 5.21 Å². The predicted octanol–water partition coefficient (Wildman–Crippen LogP) is 3.72. The summed E-state index contributed by atoms with van der Waals surface area (Å²) in [6.07, 6.45) is 0. The molecular formula is C15H15Cl2N3O. The first-order chi connectivity index (χ1) is 10.0. The van der Waals surface area contributed by atoms with E-state index in [1.165, 1.54) is 0 Å². The van der Waals surface area contributed by atoms with E-state index in [4.69, 9.17) is 34.1 Å². The van der Waals surface area contributed by atoms with E-state index in [0.717, 1.165) is 11.3 Å². The normalized spacial score (nSPS) is 11.5. The Morgan fingerprint density at radius 3 is 2.62 bits per heavy atom. The molecule has 0 aliphatic heterocycles. The Balaban J connectivity index is 2.20. The molecule has 0 saturated heterocycles. The van der Waals surface area contributed by atoms with E-state index in [2.05, 4.69) is 5.16 Å². The molecule has 2 aromatic rings. The summed E-state index contributed by atoms with van der Waals surface area (Å²) in [5.41, 5.74) is 8.07. The molecule has 110 valence electrons. The molecule has 0 heterocycles. The summed E-state index contributed by atoms with van der Waals surface area (Å²) in [5, 5.41) is 12.8. The molecule has 0 bridgehead atoms. The fraction of sp³-hybridized carbons (Fsp3) is 0.133. The van der Waals surface area contributed by atoms with Crippen molar-refractivity contribution in [2.45, 2.75) is 6.54 Å². The van der Waals surface area contributed by atoms with Gasteiger partial charge < -0.3 is 15.8 Å². The van der Waals surface area contributed by atoms with Crippen LogP contribution in [0, 0.1) is 0 Å². The molecule has 21 heavy (non-hydrogen) atoms. The minimum atomic E-state index is -0.0101. The largest absolute Gasteiger partial charge is 0.409 e. The maximum Gasteiger partial charge on any atom is 0.171 e. The number of halogens is 2. The van der Waals surface area contributed by atoms with Crippen LogP contribution in [0.5, 0.6) is 0 Å². The molecule has 4 nitrogen and oxygen atoms in total. The highest BCUT2D eigenvalue weighted by molar-refractivity contribution is 6.34. The van der Waals surface area contributed by atoms with Crippen molar-refractivity contribution in [2.24, 2.45) is 10.9 Å². The van der Waals surface area contributed by atoms with Crippen molar-refractivity contribution in [1.29, 1.82) is 0 Å². The quantitative estimate of drug-likeness (QED) is 0.390. The van der Waals surface area contributed by atoms with Crippen molar-refractivity contribution in [3.63, 3.8) is 0 Å². The molecule has 0 unspecified atom stereocenters. The molecule has 3 N–H and O–H groups in total. The van der Waals surface area contributed by atoms with E-state index in [1.807, 2.05) is 42.3 Å². The first kappa shape index (κ1) is 15.5. The van der Waals surface area contributed by atoms with E-state index in [9.17, 15) is 0 Å². The number of oxime groups is 1. The molecule has 0 saturated carbocycles. The van der Waals surface area contributed by atoms with Crippen molar-refractivity contribution >= 4 is 34.7 Å².